The number of anilines is 1. The van der Waals surface area contributed by atoms with Gasteiger partial charge in [0.15, 0.2) is 0 Å². The molecular formula is C39H50Br2N6O8. The maximum Gasteiger partial charge on any atom is 0.407 e. The van der Waals surface area contributed by atoms with Gasteiger partial charge in [-0.2, -0.15) is 0 Å². The standard InChI is InChI=1S/C39H50Br2N6O8/c1-2-55-35(49)8-7-34(48)44-13-10-27(11-14-44)43-17-19-45(20-18-43)37(51)29(21-25-22-30(40)36(50)31(41)23-25)33-24-28(12-16-47(33)39(53)54)46-15-9-26-5-3-4-6-32(26)42-38(46)52/h3-6,22-23,27-29,33,50H,2,7-21,24H2,1H3,(H,42,52)(H,53,54)/t28?,29?,33-/m1/s1. The number of piperidine rings is 2. The number of piperazine rings is 1. The number of rotatable bonds is 10. The monoisotopic (exact) mass is 888 g/mol. The molecule has 4 aliphatic rings. The van der Waals surface area contributed by atoms with Gasteiger partial charge in [-0.15, -0.1) is 0 Å². The van der Waals surface area contributed by atoms with Crippen LogP contribution >= 0.6 is 31.9 Å². The highest BCUT2D eigenvalue weighted by Crippen LogP contribution is 2.37. The summed E-state index contributed by atoms with van der Waals surface area (Å²) in [6, 6.07) is 10.3. The topological polar surface area (TPSA) is 163 Å². The largest absolute Gasteiger partial charge is 0.506 e. The van der Waals surface area contributed by atoms with Crippen molar-refractivity contribution < 1.29 is 38.9 Å². The van der Waals surface area contributed by atoms with E-state index in [0.717, 1.165) is 29.7 Å². The van der Waals surface area contributed by atoms with Gasteiger partial charge in [0.2, 0.25) is 11.8 Å². The van der Waals surface area contributed by atoms with Gasteiger partial charge >= 0.3 is 18.1 Å². The average Bonchev–Trinajstić information content (AvgIpc) is 3.35. The van der Waals surface area contributed by atoms with E-state index in [2.05, 4.69) is 42.1 Å². The summed E-state index contributed by atoms with van der Waals surface area (Å²) in [5.41, 5.74) is 2.57. The van der Waals surface area contributed by atoms with Crippen molar-refractivity contribution in [2.75, 3.05) is 64.3 Å². The van der Waals surface area contributed by atoms with Crippen LogP contribution in [0.15, 0.2) is 45.3 Å². The van der Waals surface area contributed by atoms with Gasteiger partial charge in [0.05, 0.1) is 27.9 Å². The lowest BCUT2D eigenvalue weighted by atomic mass is 9.82. The van der Waals surface area contributed by atoms with Crippen LogP contribution < -0.4 is 5.32 Å². The number of benzene rings is 2. The number of amides is 5. The fourth-order valence-electron chi connectivity index (χ4n) is 8.62. The second-order valence-corrected chi connectivity index (χ2v) is 16.5. The zero-order valence-corrected chi connectivity index (χ0v) is 34.3. The number of urea groups is 1. The first-order valence-corrected chi connectivity index (χ1v) is 20.8. The van der Waals surface area contributed by atoms with Crippen molar-refractivity contribution in [3.8, 4) is 5.75 Å². The second kappa shape index (κ2) is 18.4. The molecule has 2 aromatic carbocycles. The number of para-hydroxylation sites is 1. The summed E-state index contributed by atoms with van der Waals surface area (Å²) in [6.45, 7) is 6.19. The molecule has 14 nitrogen and oxygen atoms in total. The SMILES string of the molecule is CCOC(=O)CCC(=O)N1CCC(N2CCN(C(=O)C(Cc3cc(Br)c(O)c(Br)c3)[C@H]3CC(N4CCc5ccccc5NC4=O)CCN3C(=O)O)CC2)CC1. The normalized spacial score (nSPS) is 21.7. The number of esters is 1. The average molecular weight is 891 g/mol. The summed E-state index contributed by atoms with van der Waals surface area (Å²) in [5.74, 6) is -1.24. The van der Waals surface area contributed by atoms with Gasteiger partial charge in [0.1, 0.15) is 5.75 Å². The number of hydrogen-bond acceptors (Lipinski definition) is 8. The van der Waals surface area contributed by atoms with Crippen LogP contribution in [0.3, 0.4) is 0 Å². The van der Waals surface area contributed by atoms with E-state index < -0.39 is 18.1 Å². The van der Waals surface area contributed by atoms with E-state index in [1.54, 1.807) is 24.0 Å². The molecule has 2 aromatic rings. The molecule has 4 aliphatic heterocycles. The highest BCUT2D eigenvalue weighted by Gasteiger charge is 2.44. The first kappa shape index (κ1) is 40.8. The lowest BCUT2D eigenvalue weighted by Gasteiger charge is -2.47. The fourth-order valence-corrected chi connectivity index (χ4v) is 9.90. The van der Waals surface area contributed by atoms with E-state index in [1.165, 1.54) is 4.90 Å². The van der Waals surface area contributed by atoms with Crippen LogP contribution in [0.1, 0.15) is 56.6 Å². The smallest absolute Gasteiger partial charge is 0.407 e. The Morgan fingerprint density at radius 1 is 0.891 bits per heavy atom. The highest BCUT2D eigenvalue weighted by molar-refractivity contribution is 9.11. The number of phenols is 1. The van der Waals surface area contributed by atoms with Crippen LogP contribution in [0, 0.1) is 5.92 Å². The number of nitrogens with zero attached hydrogens (tertiary/aromatic N) is 5. The summed E-state index contributed by atoms with van der Waals surface area (Å²) >= 11 is 6.84. The molecule has 3 fully saturated rings. The zero-order valence-electron chi connectivity index (χ0n) is 31.1. The molecular weight excluding hydrogens is 840 g/mol. The van der Waals surface area contributed by atoms with Crippen LogP contribution in [0.4, 0.5) is 15.3 Å². The minimum Gasteiger partial charge on any atom is -0.506 e. The molecule has 0 saturated carbocycles. The maximum atomic E-state index is 14.8. The number of carbonyl (C=O) groups excluding carboxylic acids is 4. The van der Waals surface area contributed by atoms with Gasteiger partial charge in [-0.3, -0.25) is 19.3 Å². The first-order valence-electron chi connectivity index (χ1n) is 19.2. The Kier molecular flexibility index (Phi) is 13.6. The lowest BCUT2D eigenvalue weighted by Crippen LogP contribution is -2.60. The molecule has 0 radical (unpaired) electrons. The van der Waals surface area contributed by atoms with Crippen LogP contribution in [0.5, 0.6) is 5.75 Å². The quantitative estimate of drug-likeness (QED) is 0.274. The van der Waals surface area contributed by atoms with Gasteiger partial charge in [0.25, 0.3) is 0 Å². The molecule has 3 atom stereocenters. The molecule has 0 spiro atoms. The van der Waals surface area contributed by atoms with Crippen LogP contribution in [0.25, 0.3) is 0 Å². The van der Waals surface area contributed by atoms with Gasteiger partial charge in [-0.1, -0.05) is 18.2 Å². The second-order valence-electron chi connectivity index (χ2n) is 14.7. The van der Waals surface area contributed by atoms with Crippen molar-refractivity contribution in [3.63, 3.8) is 0 Å². The van der Waals surface area contributed by atoms with Gasteiger partial charge in [-0.25, -0.2) is 9.59 Å². The Bertz CT molecular complexity index is 1730. The fraction of sp³-hybridized carbons (Fsp3) is 0.564. The molecule has 3 saturated heterocycles. The van der Waals surface area contributed by atoms with Crippen LogP contribution in [0.2, 0.25) is 0 Å². The number of likely N-dealkylation sites (tertiary alicyclic amines) is 2. The molecule has 5 amide bonds. The summed E-state index contributed by atoms with van der Waals surface area (Å²) in [5, 5.41) is 23.9. The van der Waals surface area contributed by atoms with Gasteiger partial charge < -0.3 is 39.9 Å². The third kappa shape index (κ3) is 9.74. The summed E-state index contributed by atoms with van der Waals surface area (Å²) in [6.07, 6.45) is 2.39. The molecule has 16 heteroatoms. The van der Waals surface area contributed by atoms with Crippen LogP contribution in [-0.2, 0) is 32.0 Å². The minimum absolute atomic E-state index is 0.0349. The molecule has 0 bridgehead atoms. The van der Waals surface area contributed by atoms with Crippen molar-refractivity contribution in [1.82, 2.24) is 24.5 Å². The maximum absolute atomic E-state index is 14.8. The van der Waals surface area contributed by atoms with E-state index >= 15 is 0 Å². The molecule has 2 unspecified atom stereocenters. The third-order valence-corrected chi connectivity index (χ3v) is 12.8. The van der Waals surface area contributed by atoms with Crippen molar-refractivity contribution >= 4 is 67.5 Å². The van der Waals surface area contributed by atoms with E-state index in [0.29, 0.717) is 80.6 Å². The Hall–Kier alpha value is -3.89. The number of halogens is 2. The molecule has 3 N–H and O–H groups in total. The van der Waals surface area contributed by atoms with E-state index in [1.807, 2.05) is 34.1 Å². The summed E-state index contributed by atoms with van der Waals surface area (Å²) in [4.78, 5) is 74.8. The molecule has 55 heavy (non-hydrogen) atoms. The highest BCUT2D eigenvalue weighted by atomic mass is 79.9. The van der Waals surface area contributed by atoms with Crippen molar-refractivity contribution in [2.45, 2.75) is 76.4 Å². The number of carbonyl (C=O) groups is 5. The van der Waals surface area contributed by atoms with Crippen molar-refractivity contribution in [3.05, 3.63) is 56.5 Å². The van der Waals surface area contributed by atoms with E-state index in [4.69, 9.17) is 4.74 Å². The van der Waals surface area contributed by atoms with Gasteiger partial charge in [-0.05, 0) is 107 Å². The minimum atomic E-state index is -1.10. The molecule has 298 valence electrons. The zero-order chi connectivity index (χ0) is 39.2. The number of aromatic hydroxyl groups is 1. The number of hydrogen-bond donors (Lipinski definition) is 3. The summed E-state index contributed by atoms with van der Waals surface area (Å²) < 4.78 is 5.87. The van der Waals surface area contributed by atoms with Gasteiger partial charge in [0, 0.05) is 82.6 Å². The molecule has 0 aromatic heterocycles. The first-order chi connectivity index (χ1) is 26.4. The van der Waals surface area contributed by atoms with E-state index in [-0.39, 0.29) is 67.5 Å². The lowest BCUT2D eigenvalue weighted by molar-refractivity contribution is -0.146. The Labute approximate surface area is 338 Å². The predicted molar refractivity (Wildman–Crippen MR) is 212 cm³/mol. The number of nitrogens with one attached hydrogen (secondary N) is 1. The Morgan fingerprint density at radius 3 is 2.24 bits per heavy atom. The number of ether oxygens (including phenoxy) is 1. The molecule has 6 rings (SSSR count). The molecule has 4 heterocycles. The van der Waals surface area contributed by atoms with Crippen molar-refractivity contribution in [1.29, 1.82) is 0 Å². The Morgan fingerprint density at radius 2 is 1.56 bits per heavy atom. The predicted octanol–water partition coefficient (Wildman–Crippen LogP) is 5.16. The summed E-state index contributed by atoms with van der Waals surface area (Å²) in [7, 11) is 0. The third-order valence-electron chi connectivity index (χ3n) is 11.6. The number of carboxylic acid groups (broad SMARTS) is 1. The van der Waals surface area contributed by atoms with Crippen LogP contribution in [-0.4, -0.2) is 142 Å². The number of fused-ring (bicyclic) bond motifs is 1. The van der Waals surface area contributed by atoms with E-state index in [9.17, 15) is 34.2 Å². The van der Waals surface area contributed by atoms with Crippen molar-refractivity contribution in [2.24, 2.45) is 5.92 Å². The molecule has 0 aliphatic carbocycles. The Balaban J connectivity index is 1.15. The number of phenolic OH excluding ortho intramolecular Hbond substituents is 1.